The second-order valence-corrected chi connectivity index (χ2v) is 4.39. The molecule has 1 aromatic rings. The van der Waals surface area contributed by atoms with Crippen LogP contribution in [-0.2, 0) is 6.54 Å². The molecule has 1 heterocycles. The second-order valence-electron chi connectivity index (χ2n) is 4.39. The monoisotopic (exact) mass is 191 g/mol. The standard InChI is InChI=1S/C11H17N3/c1-14(9-11(12)4-5-11)8-10-2-6-13-7-3-10/h2-3,6-7H,4-5,8-9,12H2,1H3. The van der Waals surface area contributed by atoms with Crippen molar-refractivity contribution in [3.63, 3.8) is 0 Å². The van der Waals surface area contributed by atoms with Crippen molar-refractivity contribution in [1.29, 1.82) is 0 Å². The van der Waals surface area contributed by atoms with Crippen molar-refractivity contribution in [2.75, 3.05) is 13.6 Å². The Hall–Kier alpha value is -0.930. The number of nitrogens with two attached hydrogens (primary N) is 1. The van der Waals surface area contributed by atoms with Gasteiger partial charge in [0, 0.05) is 31.0 Å². The van der Waals surface area contributed by atoms with Crippen molar-refractivity contribution >= 4 is 0 Å². The van der Waals surface area contributed by atoms with Gasteiger partial charge in [0.05, 0.1) is 0 Å². The summed E-state index contributed by atoms with van der Waals surface area (Å²) in [5.74, 6) is 0. The lowest BCUT2D eigenvalue weighted by atomic mass is 10.2. The molecule has 0 spiro atoms. The minimum atomic E-state index is 0.113. The minimum absolute atomic E-state index is 0.113. The summed E-state index contributed by atoms with van der Waals surface area (Å²) in [6.07, 6.45) is 6.01. The lowest BCUT2D eigenvalue weighted by Crippen LogP contribution is -2.36. The molecule has 0 bridgehead atoms. The molecule has 0 atom stereocenters. The van der Waals surface area contributed by atoms with Crippen LogP contribution in [0.2, 0.25) is 0 Å². The van der Waals surface area contributed by atoms with Crippen LogP contribution >= 0.6 is 0 Å². The molecule has 2 N–H and O–H groups in total. The molecule has 3 nitrogen and oxygen atoms in total. The Bertz CT molecular complexity index is 293. The highest BCUT2D eigenvalue weighted by Crippen LogP contribution is 2.32. The minimum Gasteiger partial charge on any atom is -0.324 e. The molecule has 1 aliphatic rings. The molecule has 0 aliphatic heterocycles. The van der Waals surface area contributed by atoms with Crippen LogP contribution in [-0.4, -0.2) is 29.0 Å². The molecular weight excluding hydrogens is 174 g/mol. The van der Waals surface area contributed by atoms with Gasteiger partial charge in [-0.1, -0.05) is 0 Å². The molecule has 0 saturated heterocycles. The largest absolute Gasteiger partial charge is 0.324 e. The SMILES string of the molecule is CN(Cc1ccncc1)CC1(N)CC1. The zero-order chi connectivity index (χ0) is 10.0. The fourth-order valence-corrected chi connectivity index (χ4v) is 1.71. The number of likely N-dealkylation sites (N-methyl/N-ethyl adjacent to an activating group) is 1. The number of hydrogen-bond acceptors (Lipinski definition) is 3. The highest BCUT2D eigenvalue weighted by atomic mass is 15.1. The molecule has 0 amide bonds. The maximum atomic E-state index is 6.05. The van der Waals surface area contributed by atoms with Gasteiger partial charge in [-0.3, -0.25) is 4.98 Å². The van der Waals surface area contributed by atoms with E-state index in [-0.39, 0.29) is 5.54 Å². The summed E-state index contributed by atoms with van der Waals surface area (Å²) in [6.45, 7) is 1.96. The van der Waals surface area contributed by atoms with Crippen molar-refractivity contribution in [1.82, 2.24) is 9.88 Å². The molecule has 1 aromatic heterocycles. The topological polar surface area (TPSA) is 42.2 Å². The third-order valence-electron chi connectivity index (χ3n) is 2.68. The van der Waals surface area contributed by atoms with Gasteiger partial charge in [0.25, 0.3) is 0 Å². The van der Waals surface area contributed by atoms with Crippen LogP contribution < -0.4 is 5.73 Å². The van der Waals surface area contributed by atoms with Gasteiger partial charge >= 0.3 is 0 Å². The third-order valence-corrected chi connectivity index (χ3v) is 2.68. The normalized spacial score (nSPS) is 18.5. The van der Waals surface area contributed by atoms with Gasteiger partial charge in [0.1, 0.15) is 0 Å². The first-order valence-electron chi connectivity index (χ1n) is 5.04. The molecular formula is C11H17N3. The summed E-state index contributed by atoms with van der Waals surface area (Å²) in [6, 6.07) is 4.10. The van der Waals surface area contributed by atoms with Crippen molar-refractivity contribution in [2.24, 2.45) is 5.73 Å². The van der Waals surface area contributed by atoms with Gasteiger partial charge in [0.2, 0.25) is 0 Å². The van der Waals surface area contributed by atoms with Crippen LogP contribution in [0.1, 0.15) is 18.4 Å². The number of pyridine rings is 1. The Morgan fingerprint density at radius 2 is 2.07 bits per heavy atom. The summed E-state index contributed by atoms with van der Waals surface area (Å²) in [7, 11) is 2.12. The van der Waals surface area contributed by atoms with Gasteiger partial charge in [-0.25, -0.2) is 0 Å². The van der Waals surface area contributed by atoms with Crippen molar-refractivity contribution in [3.8, 4) is 0 Å². The molecule has 1 aliphatic carbocycles. The van der Waals surface area contributed by atoms with Gasteiger partial charge in [-0.05, 0) is 37.6 Å². The predicted molar refractivity (Wildman–Crippen MR) is 56.7 cm³/mol. The summed E-state index contributed by atoms with van der Waals surface area (Å²) >= 11 is 0. The lowest BCUT2D eigenvalue weighted by molar-refractivity contribution is 0.295. The zero-order valence-electron chi connectivity index (χ0n) is 8.61. The van der Waals surface area contributed by atoms with Crippen LogP contribution in [0.4, 0.5) is 0 Å². The van der Waals surface area contributed by atoms with Crippen LogP contribution in [0.5, 0.6) is 0 Å². The van der Waals surface area contributed by atoms with Crippen LogP contribution in [0, 0.1) is 0 Å². The van der Waals surface area contributed by atoms with E-state index in [1.807, 2.05) is 24.5 Å². The van der Waals surface area contributed by atoms with Gasteiger partial charge < -0.3 is 10.6 Å². The summed E-state index contributed by atoms with van der Waals surface area (Å²) in [4.78, 5) is 6.28. The van der Waals surface area contributed by atoms with Crippen molar-refractivity contribution in [3.05, 3.63) is 30.1 Å². The molecule has 1 fully saturated rings. The summed E-state index contributed by atoms with van der Waals surface area (Å²) in [5, 5.41) is 0. The first kappa shape index (κ1) is 9.62. The van der Waals surface area contributed by atoms with E-state index in [1.54, 1.807) is 0 Å². The van der Waals surface area contributed by atoms with E-state index in [0.29, 0.717) is 0 Å². The van der Waals surface area contributed by atoms with Crippen LogP contribution in [0.3, 0.4) is 0 Å². The number of nitrogens with zero attached hydrogens (tertiary/aromatic N) is 2. The van der Waals surface area contributed by atoms with Crippen molar-refractivity contribution < 1.29 is 0 Å². The number of hydrogen-bond donors (Lipinski definition) is 1. The van der Waals surface area contributed by atoms with E-state index < -0.39 is 0 Å². The lowest BCUT2D eigenvalue weighted by Gasteiger charge is -2.20. The molecule has 0 aromatic carbocycles. The average Bonchev–Trinajstić information content (AvgIpc) is 2.84. The van der Waals surface area contributed by atoms with Gasteiger partial charge in [0.15, 0.2) is 0 Å². The van der Waals surface area contributed by atoms with E-state index in [0.717, 1.165) is 13.1 Å². The van der Waals surface area contributed by atoms with Gasteiger partial charge in [-0.15, -0.1) is 0 Å². The molecule has 0 radical (unpaired) electrons. The van der Waals surface area contributed by atoms with E-state index in [1.165, 1.54) is 18.4 Å². The zero-order valence-corrected chi connectivity index (χ0v) is 8.61. The second kappa shape index (κ2) is 3.67. The Kier molecular flexibility index (Phi) is 2.52. The quantitative estimate of drug-likeness (QED) is 0.772. The van der Waals surface area contributed by atoms with Gasteiger partial charge in [-0.2, -0.15) is 0 Å². The van der Waals surface area contributed by atoms with E-state index in [9.17, 15) is 0 Å². The number of aromatic nitrogens is 1. The smallest absolute Gasteiger partial charge is 0.0284 e. The Morgan fingerprint density at radius 1 is 1.43 bits per heavy atom. The van der Waals surface area contributed by atoms with E-state index >= 15 is 0 Å². The Balaban J connectivity index is 1.85. The highest BCUT2D eigenvalue weighted by Gasteiger charge is 2.38. The summed E-state index contributed by atoms with van der Waals surface area (Å²) < 4.78 is 0. The van der Waals surface area contributed by atoms with Crippen LogP contribution in [0.15, 0.2) is 24.5 Å². The highest BCUT2D eigenvalue weighted by molar-refractivity contribution is 5.10. The van der Waals surface area contributed by atoms with E-state index in [2.05, 4.69) is 16.9 Å². The average molecular weight is 191 g/mol. The molecule has 2 rings (SSSR count). The molecule has 14 heavy (non-hydrogen) atoms. The fraction of sp³-hybridized carbons (Fsp3) is 0.545. The first-order valence-corrected chi connectivity index (χ1v) is 5.04. The Labute approximate surface area is 84.9 Å². The third kappa shape index (κ3) is 2.53. The molecule has 1 saturated carbocycles. The predicted octanol–water partition coefficient (Wildman–Crippen LogP) is 1.00. The first-order chi connectivity index (χ1) is 6.68. The maximum absolute atomic E-state index is 6.05. The molecule has 0 unspecified atom stereocenters. The van der Waals surface area contributed by atoms with E-state index in [4.69, 9.17) is 5.73 Å². The summed E-state index contributed by atoms with van der Waals surface area (Å²) in [5.41, 5.74) is 7.46. The maximum Gasteiger partial charge on any atom is 0.0284 e. The van der Waals surface area contributed by atoms with Crippen molar-refractivity contribution in [2.45, 2.75) is 24.9 Å². The number of rotatable bonds is 4. The molecule has 76 valence electrons. The molecule has 3 heteroatoms. The Morgan fingerprint density at radius 3 is 2.64 bits per heavy atom. The fourth-order valence-electron chi connectivity index (χ4n) is 1.71. The van der Waals surface area contributed by atoms with Crippen LogP contribution in [0.25, 0.3) is 0 Å².